The van der Waals surface area contributed by atoms with Crippen LogP contribution in [0.1, 0.15) is 24.5 Å². The lowest BCUT2D eigenvalue weighted by Crippen LogP contribution is -2.17. The number of fused-ring (bicyclic) bond motifs is 1. The maximum absolute atomic E-state index is 5.77. The Morgan fingerprint density at radius 1 is 1.31 bits per heavy atom. The van der Waals surface area contributed by atoms with Crippen molar-refractivity contribution in [3.05, 3.63) is 29.6 Å². The highest BCUT2D eigenvalue weighted by atomic mass is 15.0. The van der Waals surface area contributed by atoms with Gasteiger partial charge in [0.25, 0.3) is 0 Å². The lowest BCUT2D eigenvalue weighted by Gasteiger charge is -2.07. The van der Waals surface area contributed by atoms with E-state index in [1.807, 2.05) is 13.3 Å². The van der Waals surface area contributed by atoms with Crippen molar-refractivity contribution in [2.45, 2.75) is 39.8 Å². The molecule has 1 atom stereocenters. The molecule has 1 heterocycles. The van der Waals surface area contributed by atoms with Gasteiger partial charge in [-0.05, 0) is 50.5 Å². The molecule has 2 N–H and O–H groups in total. The van der Waals surface area contributed by atoms with Gasteiger partial charge in [-0.2, -0.15) is 0 Å². The largest absolute Gasteiger partial charge is 0.331 e. The minimum absolute atomic E-state index is 0.240. The molecule has 0 bridgehead atoms. The summed E-state index contributed by atoms with van der Waals surface area (Å²) in [6, 6.07) is 4.59. The van der Waals surface area contributed by atoms with Crippen molar-refractivity contribution in [2.75, 3.05) is 0 Å². The summed E-state index contributed by atoms with van der Waals surface area (Å²) in [4.78, 5) is 4.42. The number of aryl methyl sites for hydroxylation is 3. The van der Waals surface area contributed by atoms with Crippen molar-refractivity contribution in [1.29, 1.82) is 0 Å². The average Bonchev–Trinajstić information content (AvgIpc) is 2.58. The van der Waals surface area contributed by atoms with Crippen LogP contribution in [-0.4, -0.2) is 15.6 Å². The van der Waals surface area contributed by atoms with E-state index in [1.165, 1.54) is 16.6 Å². The molecule has 0 saturated heterocycles. The fraction of sp³-hybridized carbons (Fsp3) is 0.462. The first kappa shape index (κ1) is 11.1. The Balaban J connectivity index is 2.36. The van der Waals surface area contributed by atoms with Gasteiger partial charge in [-0.1, -0.05) is 0 Å². The van der Waals surface area contributed by atoms with Crippen LogP contribution in [0.3, 0.4) is 0 Å². The quantitative estimate of drug-likeness (QED) is 0.858. The molecule has 2 rings (SSSR count). The maximum atomic E-state index is 5.77. The molecular weight excluding hydrogens is 198 g/mol. The number of imidazole rings is 1. The van der Waals surface area contributed by atoms with E-state index in [-0.39, 0.29) is 6.04 Å². The van der Waals surface area contributed by atoms with Crippen molar-refractivity contribution in [3.63, 3.8) is 0 Å². The Hall–Kier alpha value is -1.35. The van der Waals surface area contributed by atoms with Crippen LogP contribution in [-0.2, 0) is 6.54 Å². The molecule has 3 heteroatoms. The number of benzene rings is 1. The summed E-state index contributed by atoms with van der Waals surface area (Å²) in [6.45, 7) is 7.23. The lowest BCUT2D eigenvalue weighted by atomic mass is 10.1. The zero-order chi connectivity index (χ0) is 11.7. The summed E-state index contributed by atoms with van der Waals surface area (Å²) in [6.07, 6.45) is 2.89. The topological polar surface area (TPSA) is 43.8 Å². The van der Waals surface area contributed by atoms with Crippen LogP contribution in [0.15, 0.2) is 18.5 Å². The molecule has 0 aliphatic heterocycles. The van der Waals surface area contributed by atoms with Crippen molar-refractivity contribution in [3.8, 4) is 0 Å². The molecule has 0 aliphatic carbocycles. The van der Waals surface area contributed by atoms with E-state index in [2.05, 4.69) is 35.5 Å². The van der Waals surface area contributed by atoms with Crippen molar-refractivity contribution in [1.82, 2.24) is 9.55 Å². The smallest absolute Gasteiger partial charge is 0.0958 e. The van der Waals surface area contributed by atoms with Gasteiger partial charge < -0.3 is 10.3 Å². The summed E-state index contributed by atoms with van der Waals surface area (Å²) >= 11 is 0. The van der Waals surface area contributed by atoms with Gasteiger partial charge in [0, 0.05) is 12.6 Å². The molecule has 1 aromatic carbocycles. The molecule has 0 spiro atoms. The van der Waals surface area contributed by atoms with Crippen LogP contribution in [0, 0.1) is 13.8 Å². The molecule has 0 radical (unpaired) electrons. The minimum Gasteiger partial charge on any atom is -0.331 e. The predicted octanol–water partition coefficient (Wildman–Crippen LogP) is 2.39. The highest BCUT2D eigenvalue weighted by Gasteiger charge is 2.05. The number of hydrogen-bond donors (Lipinski definition) is 1. The molecule has 16 heavy (non-hydrogen) atoms. The Bertz CT molecular complexity index is 497. The average molecular weight is 217 g/mol. The molecule has 2 aromatic rings. The van der Waals surface area contributed by atoms with Crippen LogP contribution in [0.25, 0.3) is 11.0 Å². The SMILES string of the molecule is Cc1cc2ncn(CCC(C)N)c2cc1C. The molecule has 1 unspecified atom stereocenters. The van der Waals surface area contributed by atoms with Gasteiger partial charge in [0.1, 0.15) is 0 Å². The number of aromatic nitrogens is 2. The molecular formula is C13H19N3. The van der Waals surface area contributed by atoms with Crippen LogP contribution in [0.5, 0.6) is 0 Å². The van der Waals surface area contributed by atoms with Gasteiger partial charge >= 0.3 is 0 Å². The van der Waals surface area contributed by atoms with Crippen molar-refractivity contribution < 1.29 is 0 Å². The molecule has 3 nitrogen and oxygen atoms in total. The summed E-state index contributed by atoms with van der Waals surface area (Å²) in [5.41, 5.74) is 10.7. The van der Waals surface area contributed by atoms with E-state index in [4.69, 9.17) is 5.73 Å². The predicted molar refractivity (Wildman–Crippen MR) is 67.5 cm³/mol. The lowest BCUT2D eigenvalue weighted by molar-refractivity contribution is 0.580. The first-order chi connectivity index (χ1) is 7.58. The van der Waals surface area contributed by atoms with Gasteiger partial charge in [0.15, 0.2) is 0 Å². The van der Waals surface area contributed by atoms with E-state index in [0.717, 1.165) is 18.5 Å². The van der Waals surface area contributed by atoms with Gasteiger partial charge in [0.05, 0.1) is 17.4 Å². The molecule has 0 aliphatic rings. The zero-order valence-electron chi connectivity index (χ0n) is 10.2. The second kappa shape index (κ2) is 4.26. The van der Waals surface area contributed by atoms with E-state index in [1.54, 1.807) is 0 Å². The van der Waals surface area contributed by atoms with Crippen LogP contribution in [0.2, 0.25) is 0 Å². The number of nitrogens with two attached hydrogens (primary N) is 1. The Labute approximate surface area is 96.3 Å². The number of hydrogen-bond acceptors (Lipinski definition) is 2. The van der Waals surface area contributed by atoms with Crippen LogP contribution in [0.4, 0.5) is 0 Å². The molecule has 1 aromatic heterocycles. The normalized spacial score (nSPS) is 13.2. The van der Waals surface area contributed by atoms with Crippen molar-refractivity contribution in [2.24, 2.45) is 5.73 Å². The van der Waals surface area contributed by atoms with Gasteiger partial charge in [-0.15, -0.1) is 0 Å². The fourth-order valence-corrected chi connectivity index (χ4v) is 1.83. The minimum atomic E-state index is 0.240. The zero-order valence-corrected chi connectivity index (χ0v) is 10.2. The highest BCUT2D eigenvalue weighted by molar-refractivity contribution is 5.77. The third-order valence-electron chi connectivity index (χ3n) is 3.06. The maximum Gasteiger partial charge on any atom is 0.0958 e. The van der Waals surface area contributed by atoms with Crippen molar-refractivity contribution >= 4 is 11.0 Å². The standard InChI is InChI=1S/C13H19N3/c1-9-6-12-13(7-10(9)2)16(8-15-12)5-4-11(3)14/h6-8,11H,4-5,14H2,1-3H3. The molecule has 0 amide bonds. The highest BCUT2D eigenvalue weighted by Crippen LogP contribution is 2.18. The molecule has 86 valence electrons. The van der Waals surface area contributed by atoms with E-state index >= 15 is 0 Å². The summed E-state index contributed by atoms with van der Waals surface area (Å²) in [7, 11) is 0. The van der Waals surface area contributed by atoms with E-state index < -0.39 is 0 Å². The fourth-order valence-electron chi connectivity index (χ4n) is 1.83. The first-order valence-corrected chi connectivity index (χ1v) is 5.75. The summed E-state index contributed by atoms with van der Waals surface area (Å²) < 4.78 is 2.19. The van der Waals surface area contributed by atoms with E-state index in [0.29, 0.717) is 0 Å². The molecule has 0 fully saturated rings. The second-order valence-corrected chi connectivity index (χ2v) is 4.63. The Morgan fingerprint density at radius 3 is 2.69 bits per heavy atom. The number of nitrogens with zero attached hydrogens (tertiary/aromatic N) is 2. The van der Waals surface area contributed by atoms with Crippen LogP contribution >= 0.6 is 0 Å². The van der Waals surface area contributed by atoms with E-state index in [9.17, 15) is 0 Å². The summed E-state index contributed by atoms with van der Waals surface area (Å²) in [5, 5.41) is 0. The monoisotopic (exact) mass is 217 g/mol. The van der Waals surface area contributed by atoms with Gasteiger partial charge in [-0.3, -0.25) is 0 Å². The third-order valence-corrected chi connectivity index (χ3v) is 3.06. The molecule has 0 saturated carbocycles. The van der Waals surface area contributed by atoms with Gasteiger partial charge in [-0.25, -0.2) is 4.98 Å². The Morgan fingerprint density at radius 2 is 2.00 bits per heavy atom. The second-order valence-electron chi connectivity index (χ2n) is 4.63. The third kappa shape index (κ3) is 2.09. The summed E-state index contributed by atoms with van der Waals surface area (Å²) in [5.74, 6) is 0. The first-order valence-electron chi connectivity index (χ1n) is 5.75. The van der Waals surface area contributed by atoms with Crippen LogP contribution < -0.4 is 5.73 Å². The van der Waals surface area contributed by atoms with Gasteiger partial charge in [0.2, 0.25) is 0 Å². The Kier molecular flexibility index (Phi) is 2.97. The number of rotatable bonds is 3.